The molecule has 1 aromatic carbocycles. The molecule has 0 unspecified atom stereocenters. The number of nitrogens with zero attached hydrogens (tertiary/aromatic N) is 2. The van der Waals surface area contributed by atoms with Crippen molar-refractivity contribution in [1.82, 2.24) is 14.7 Å². The quantitative estimate of drug-likeness (QED) is 0.621. The smallest absolute Gasteiger partial charge is 0.257 e. The molecule has 136 valence electrons. The second-order valence-electron chi connectivity index (χ2n) is 5.29. The molecule has 3 aromatic rings. The Morgan fingerprint density at radius 2 is 2.00 bits per heavy atom. The molecule has 0 atom stereocenters. The van der Waals surface area contributed by atoms with E-state index in [0.717, 1.165) is 5.56 Å². The van der Waals surface area contributed by atoms with Gasteiger partial charge in [0.05, 0.1) is 17.1 Å². The van der Waals surface area contributed by atoms with Crippen LogP contribution in [0.3, 0.4) is 0 Å². The number of benzene rings is 1. The van der Waals surface area contributed by atoms with Gasteiger partial charge in [-0.05, 0) is 36.4 Å². The SMILES string of the molecule is C#CCNS(=O)(=O)c1ccc(C(=O)Nc2nc(-c3cccnc3)cs2)cc1. The van der Waals surface area contributed by atoms with Crippen LogP contribution in [0.15, 0.2) is 59.1 Å². The summed E-state index contributed by atoms with van der Waals surface area (Å²) in [5.41, 5.74) is 1.87. The first-order valence-electron chi connectivity index (χ1n) is 7.70. The number of carbonyl (C=O) groups is 1. The van der Waals surface area contributed by atoms with Gasteiger partial charge in [0, 0.05) is 28.9 Å². The number of anilines is 1. The van der Waals surface area contributed by atoms with E-state index in [-0.39, 0.29) is 17.3 Å². The van der Waals surface area contributed by atoms with Crippen LogP contribution >= 0.6 is 11.3 Å². The summed E-state index contributed by atoms with van der Waals surface area (Å²) >= 11 is 1.29. The highest BCUT2D eigenvalue weighted by atomic mass is 32.2. The number of nitrogens with one attached hydrogen (secondary N) is 2. The highest BCUT2D eigenvalue weighted by Gasteiger charge is 2.15. The lowest BCUT2D eigenvalue weighted by atomic mass is 10.2. The van der Waals surface area contributed by atoms with Crippen molar-refractivity contribution in [2.45, 2.75) is 4.90 Å². The molecule has 2 aromatic heterocycles. The van der Waals surface area contributed by atoms with Crippen molar-refractivity contribution in [2.24, 2.45) is 0 Å². The lowest BCUT2D eigenvalue weighted by molar-refractivity contribution is 0.102. The Kier molecular flexibility index (Phi) is 5.61. The molecule has 2 heterocycles. The first-order valence-corrected chi connectivity index (χ1v) is 10.1. The molecular formula is C18H14N4O3S2. The van der Waals surface area contributed by atoms with Crippen molar-refractivity contribution in [3.05, 3.63) is 59.7 Å². The number of terminal acetylenes is 1. The molecule has 0 spiro atoms. The number of thiazole rings is 1. The minimum atomic E-state index is -3.69. The van der Waals surface area contributed by atoms with Crippen LogP contribution in [0, 0.1) is 12.3 Å². The van der Waals surface area contributed by atoms with Gasteiger partial charge in [0.25, 0.3) is 5.91 Å². The number of carbonyl (C=O) groups excluding carboxylic acids is 1. The molecule has 27 heavy (non-hydrogen) atoms. The topological polar surface area (TPSA) is 101 Å². The van der Waals surface area contributed by atoms with Gasteiger partial charge in [0.1, 0.15) is 0 Å². The minimum absolute atomic E-state index is 0.0300. The van der Waals surface area contributed by atoms with E-state index >= 15 is 0 Å². The standard InChI is InChI=1S/C18H14N4O3S2/c1-2-9-20-27(24,25)15-7-5-13(6-8-15)17(23)22-18-21-16(12-26-18)14-4-3-10-19-11-14/h1,3-8,10-12,20H,9H2,(H,21,22,23). The van der Waals surface area contributed by atoms with E-state index in [2.05, 4.69) is 25.9 Å². The lowest BCUT2D eigenvalue weighted by Crippen LogP contribution is -2.24. The van der Waals surface area contributed by atoms with Crippen molar-refractivity contribution in [2.75, 3.05) is 11.9 Å². The normalized spacial score (nSPS) is 10.9. The number of sulfonamides is 1. The summed E-state index contributed by atoms with van der Waals surface area (Å²) in [7, 11) is -3.69. The van der Waals surface area contributed by atoms with Crippen molar-refractivity contribution in [3.8, 4) is 23.6 Å². The van der Waals surface area contributed by atoms with Crippen molar-refractivity contribution in [1.29, 1.82) is 0 Å². The molecule has 3 rings (SSSR count). The van der Waals surface area contributed by atoms with Crippen LogP contribution in [0.1, 0.15) is 10.4 Å². The van der Waals surface area contributed by atoms with E-state index in [1.807, 2.05) is 11.4 Å². The number of rotatable bonds is 6. The van der Waals surface area contributed by atoms with Gasteiger partial charge in [0.2, 0.25) is 10.0 Å². The number of hydrogen-bond acceptors (Lipinski definition) is 6. The maximum absolute atomic E-state index is 12.3. The summed E-state index contributed by atoms with van der Waals surface area (Å²) in [5, 5.41) is 4.95. The van der Waals surface area contributed by atoms with Gasteiger partial charge >= 0.3 is 0 Å². The third kappa shape index (κ3) is 4.57. The zero-order chi connectivity index (χ0) is 19.3. The van der Waals surface area contributed by atoms with Gasteiger partial charge in [-0.15, -0.1) is 17.8 Å². The van der Waals surface area contributed by atoms with Crippen LogP contribution in [0.4, 0.5) is 5.13 Å². The number of pyridine rings is 1. The largest absolute Gasteiger partial charge is 0.298 e. The third-order valence-corrected chi connectivity index (χ3v) is 5.65. The first-order chi connectivity index (χ1) is 13.0. The van der Waals surface area contributed by atoms with E-state index < -0.39 is 10.0 Å². The summed E-state index contributed by atoms with van der Waals surface area (Å²) < 4.78 is 26.2. The number of hydrogen-bond donors (Lipinski definition) is 2. The van der Waals surface area contributed by atoms with Crippen LogP contribution in [-0.2, 0) is 10.0 Å². The molecule has 0 aliphatic carbocycles. The molecule has 0 saturated heterocycles. The number of amides is 1. The van der Waals surface area contributed by atoms with E-state index in [0.29, 0.717) is 16.4 Å². The summed E-state index contributed by atoms with van der Waals surface area (Å²) in [5.74, 6) is 1.81. The van der Waals surface area contributed by atoms with Crippen LogP contribution < -0.4 is 10.0 Å². The minimum Gasteiger partial charge on any atom is -0.298 e. The Balaban J connectivity index is 1.70. The molecule has 0 aliphatic heterocycles. The average molecular weight is 398 g/mol. The molecule has 7 nitrogen and oxygen atoms in total. The highest BCUT2D eigenvalue weighted by molar-refractivity contribution is 7.89. The van der Waals surface area contributed by atoms with Crippen molar-refractivity contribution in [3.63, 3.8) is 0 Å². The highest BCUT2D eigenvalue weighted by Crippen LogP contribution is 2.24. The summed E-state index contributed by atoms with van der Waals surface area (Å²) in [6.07, 6.45) is 8.41. The fourth-order valence-corrected chi connectivity index (χ4v) is 3.80. The zero-order valence-electron chi connectivity index (χ0n) is 13.9. The van der Waals surface area contributed by atoms with Gasteiger partial charge in [0.15, 0.2) is 5.13 Å². The molecule has 0 aliphatic rings. The monoisotopic (exact) mass is 398 g/mol. The van der Waals surface area contributed by atoms with Crippen LogP contribution in [0.25, 0.3) is 11.3 Å². The second-order valence-corrected chi connectivity index (χ2v) is 7.91. The maximum atomic E-state index is 12.3. The fraction of sp³-hybridized carbons (Fsp3) is 0.0556. The van der Waals surface area contributed by atoms with Crippen molar-refractivity contribution < 1.29 is 13.2 Å². The zero-order valence-corrected chi connectivity index (χ0v) is 15.5. The van der Waals surface area contributed by atoms with Crippen molar-refractivity contribution >= 4 is 32.4 Å². The molecule has 2 N–H and O–H groups in total. The first kappa shape index (κ1) is 18.7. The Hall–Kier alpha value is -3.06. The second kappa shape index (κ2) is 8.09. The third-order valence-electron chi connectivity index (χ3n) is 3.47. The van der Waals surface area contributed by atoms with Gasteiger partial charge < -0.3 is 0 Å². The molecule has 0 fully saturated rings. The summed E-state index contributed by atoms with van der Waals surface area (Å²) in [6, 6.07) is 9.22. The molecular weight excluding hydrogens is 384 g/mol. The summed E-state index contributed by atoms with van der Waals surface area (Å²) in [4.78, 5) is 20.8. The Morgan fingerprint density at radius 3 is 2.67 bits per heavy atom. The molecule has 9 heteroatoms. The lowest BCUT2D eigenvalue weighted by Gasteiger charge is -2.05. The Labute approximate surface area is 160 Å². The van der Waals surface area contributed by atoms with Gasteiger partial charge in [-0.2, -0.15) is 4.72 Å². The van der Waals surface area contributed by atoms with Gasteiger partial charge in [-0.1, -0.05) is 5.92 Å². The number of aromatic nitrogens is 2. The van der Waals surface area contributed by atoms with Crippen LogP contribution in [0.2, 0.25) is 0 Å². The van der Waals surface area contributed by atoms with E-state index in [1.165, 1.54) is 35.6 Å². The molecule has 0 saturated carbocycles. The average Bonchev–Trinajstić information content (AvgIpc) is 3.16. The predicted octanol–water partition coefficient (Wildman–Crippen LogP) is 2.37. The van der Waals surface area contributed by atoms with E-state index in [4.69, 9.17) is 6.42 Å². The Morgan fingerprint density at radius 1 is 1.22 bits per heavy atom. The van der Waals surface area contributed by atoms with E-state index in [1.54, 1.807) is 18.5 Å². The Bertz CT molecular complexity index is 1090. The molecule has 0 bridgehead atoms. The maximum Gasteiger partial charge on any atom is 0.257 e. The van der Waals surface area contributed by atoms with Gasteiger partial charge in [-0.3, -0.25) is 15.1 Å². The van der Waals surface area contributed by atoms with Crippen LogP contribution in [-0.4, -0.2) is 30.8 Å². The van der Waals surface area contributed by atoms with Gasteiger partial charge in [-0.25, -0.2) is 13.4 Å². The van der Waals surface area contributed by atoms with Crippen LogP contribution in [0.5, 0.6) is 0 Å². The van der Waals surface area contributed by atoms with E-state index in [9.17, 15) is 13.2 Å². The predicted molar refractivity (Wildman–Crippen MR) is 104 cm³/mol. The summed E-state index contributed by atoms with van der Waals surface area (Å²) in [6.45, 7) is -0.103. The molecule has 0 radical (unpaired) electrons. The molecule has 1 amide bonds. The fourth-order valence-electron chi connectivity index (χ4n) is 2.15.